The number of carbonyl (C=O) groups excluding carboxylic acids is 2. The number of aromatic nitrogens is 3. The molecular weight excluding hydrogens is 330 g/mol. The molecule has 2 rings (SSSR count). The van der Waals surface area contributed by atoms with Gasteiger partial charge in [-0.3, -0.25) is 19.6 Å². The van der Waals surface area contributed by atoms with Crippen LogP contribution in [0, 0.1) is 12.8 Å². The number of amides is 2. The quantitative estimate of drug-likeness (QED) is 0.782. The molecule has 0 bridgehead atoms. The minimum atomic E-state index is -0.205. The van der Waals surface area contributed by atoms with Crippen LogP contribution in [-0.2, 0) is 11.3 Å². The van der Waals surface area contributed by atoms with E-state index in [-0.39, 0.29) is 24.2 Å². The fourth-order valence-electron chi connectivity index (χ4n) is 2.40. The number of hydrogen-bond donors (Lipinski definition) is 1. The lowest BCUT2D eigenvalue weighted by molar-refractivity contribution is -0.121. The summed E-state index contributed by atoms with van der Waals surface area (Å²) in [6, 6.07) is 5.56. The van der Waals surface area contributed by atoms with Crippen molar-refractivity contribution in [1.29, 1.82) is 0 Å². The van der Waals surface area contributed by atoms with Crippen LogP contribution < -0.4 is 5.32 Å². The van der Waals surface area contributed by atoms with Crippen LogP contribution >= 0.6 is 0 Å². The van der Waals surface area contributed by atoms with E-state index in [0.717, 1.165) is 11.4 Å². The summed E-state index contributed by atoms with van der Waals surface area (Å²) in [6.07, 6.45) is 4.96. The van der Waals surface area contributed by atoms with Crippen LogP contribution in [0.2, 0.25) is 0 Å². The van der Waals surface area contributed by atoms with E-state index in [0.29, 0.717) is 25.3 Å². The number of pyridine rings is 1. The molecule has 7 nitrogen and oxygen atoms in total. The van der Waals surface area contributed by atoms with Gasteiger partial charge in [0.05, 0.1) is 24.1 Å². The molecule has 0 fully saturated rings. The maximum Gasteiger partial charge on any atom is 0.274 e. The highest BCUT2D eigenvalue weighted by Crippen LogP contribution is 2.07. The zero-order valence-corrected chi connectivity index (χ0v) is 15.5. The van der Waals surface area contributed by atoms with Crippen LogP contribution in [0.25, 0.3) is 0 Å². The largest absolute Gasteiger partial charge is 0.350 e. The lowest BCUT2D eigenvalue weighted by Crippen LogP contribution is -2.38. The summed E-state index contributed by atoms with van der Waals surface area (Å²) in [6.45, 7) is 7.15. The highest BCUT2D eigenvalue weighted by molar-refractivity contribution is 5.92. The molecule has 2 heterocycles. The molecule has 7 heteroatoms. The van der Waals surface area contributed by atoms with Crippen molar-refractivity contribution in [3.63, 3.8) is 0 Å². The highest BCUT2D eigenvalue weighted by atomic mass is 16.2. The maximum atomic E-state index is 12.7. The second kappa shape index (κ2) is 9.60. The van der Waals surface area contributed by atoms with Crippen LogP contribution in [0.3, 0.4) is 0 Å². The summed E-state index contributed by atoms with van der Waals surface area (Å²) in [4.78, 5) is 38.9. The van der Waals surface area contributed by atoms with E-state index >= 15 is 0 Å². The Morgan fingerprint density at radius 2 is 1.96 bits per heavy atom. The van der Waals surface area contributed by atoms with E-state index in [1.807, 2.05) is 39.0 Å². The summed E-state index contributed by atoms with van der Waals surface area (Å²) < 4.78 is 0. The van der Waals surface area contributed by atoms with Gasteiger partial charge in [-0.15, -0.1) is 0 Å². The Morgan fingerprint density at radius 3 is 2.58 bits per heavy atom. The van der Waals surface area contributed by atoms with Crippen molar-refractivity contribution in [1.82, 2.24) is 25.2 Å². The Hall–Kier alpha value is -2.83. The van der Waals surface area contributed by atoms with E-state index in [1.54, 1.807) is 17.3 Å². The molecule has 0 radical (unpaired) electrons. The molecule has 26 heavy (non-hydrogen) atoms. The third-order valence-electron chi connectivity index (χ3n) is 3.67. The zero-order chi connectivity index (χ0) is 18.9. The summed E-state index contributed by atoms with van der Waals surface area (Å²) >= 11 is 0. The molecular formula is C19H25N5O2. The van der Waals surface area contributed by atoms with Gasteiger partial charge in [0.25, 0.3) is 5.91 Å². The van der Waals surface area contributed by atoms with E-state index in [1.165, 1.54) is 6.20 Å². The van der Waals surface area contributed by atoms with Gasteiger partial charge in [-0.25, -0.2) is 4.98 Å². The molecule has 2 amide bonds. The summed E-state index contributed by atoms with van der Waals surface area (Å²) in [7, 11) is 0. The second-order valence-corrected chi connectivity index (χ2v) is 6.54. The van der Waals surface area contributed by atoms with Gasteiger partial charge in [0.15, 0.2) is 0 Å². The van der Waals surface area contributed by atoms with Gasteiger partial charge in [0.2, 0.25) is 5.91 Å². The molecule has 0 saturated heterocycles. The molecule has 0 atom stereocenters. The van der Waals surface area contributed by atoms with Gasteiger partial charge < -0.3 is 10.2 Å². The van der Waals surface area contributed by atoms with Crippen molar-refractivity contribution < 1.29 is 9.59 Å². The number of carbonyl (C=O) groups is 2. The molecule has 0 unspecified atom stereocenters. The van der Waals surface area contributed by atoms with E-state index in [9.17, 15) is 9.59 Å². The Labute approximate surface area is 153 Å². The Bertz CT molecular complexity index is 716. The molecule has 0 aliphatic carbocycles. The smallest absolute Gasteiger partial charge is 0.274 e. The first-order chi connectivity index (χ1) is 12.5. The SMILES string of the molecule is Cc1cnc(C(=O)N(CCC(=O)NCc2ccccn2)CC(C)C)cn1. The molecule has 0 aliphatic rings. The summed E-state index contributed by atoms with van der Waals surface area (Å²) in [5, 5.41) is 2.83. The summed E-state index contributed by atoms with van der Waals surface area (Å²) in [5.74, 6) is -0.0372. The van der Waals surface area contributed by atoms with Crippen LogP contribution in [0.15, 0.2) is 36.8 Å². The standard InChI is InChI=1S/C19H25N5O2/c1-14(2)13-24(19(26)17-12-21-15(3)10-22-17)9-7-18(25)23-11-16-6-4-5-8-20-16/h4-6,8,10,12,14H,7,9,11,13H2,1-3H3,(H,23,25). The van der Waals surface area contributed by atoms with Gasteiger partial charge in [-0.2, -0.15) is 0 Å². The van der Waals surface area contributed by atoms with E-state index in [4.69, 9.17) is 0 Å². The molecule has 2 aromatic rings. The van der Waals surface area contributed by atoms with Crippen LogP contribution in [0.4, 0.5) is 0 Å². The van der Waals surface area contributed by atoms with Gasteiger partial charge >= 0.3 is 0 Å². The fraction of sp³-hybridized carbons (Fsp3) is 0.421. The number of rotatable bonds is 8. The van der Waals surface area contributed by atoms with Gasteiger partial charge in [-0.05, 0) is 25.0 Å². The first-order valence-corrected chi connectivity index (χ1v) is 8.70. The summed E-state index contributed by atoms with van der Waals surface area (Å²) in [5.41, 5.74) is 1.85. The minimum absolute atomic E-state index is 0.118. The first-order valence-electron chi connectivity index (χ1n) is 8.70. The van der Waals surface area contributed by atoms with Gasteiger partial charge in [0.1, 0.15) is 5.69 Å². The molecule has 0 saturated carbocycles. The van der Waals surface area contributed by atoms with Crippen molar-refractivity contribution in [2.45, 2.75) is 33.7 Å². The molecule has 2 aromatic heterocycles. The Morgan fingerprint density at radius 1 is 1.15 bits per heavy atom. The molecule has 0 aliphatic heterocycles. The fourth-order valence-corrected chi connectivity index (χ4v) is 2.40. The monoisotopic (exact) mass is 355 g/mol. The maximum absolute atomic E-state index is 12.7. The third kappa shape index (κ3) is 6.23. The average Bonchev–Trinajstić information content (AvgIpc) is 2.64. The highest BCUT2D eigenvalue weighted by Gasteiger charge is 2.19. The number of aryl methyl sites for hydroxylation is 1. The van der Waals surface area contributed by atoms with Crippen molar-refractivity contribution in [2.24, 2.45) is 5.92 Å². The average molecular weight is 355 g/mol. The van der Waals surface area contributed by atoms with Crippen LogP contribution in [0.1, 0.15) is 42.1 Å². The predicted molar refractivity (Wildman–Crippen MR) is 98.2 cm³/mol. The third-order valence-corrected chi connectivity index (χ3v) is 3.67. The van der Waals surface area contributed by atoms with Gasteiger partial charge in [-0.1, -0.05) is 19.9 Å². The van der Waals surface area contributed by atoms with Crippen molar-refractivity contribution in [2.75, 3.05) is 13.1 Å². The molecule has 0 spiro atoms. The number of hydrogen-bond acceptors (Lipinski definition) is 5. The zero-order valence-electron chi connectivity index (χ0n) is 15.5. The molecule has 1 N–H and O–H groups in total. The normalized spacial score (nSPS) is 10.6. The second-order valence-electron chi connectivity index (χ2n) is 6.54. The first kappa shape index (κ1) is 19.5. The van der Waals surface area contributed by atoms with Crippen molar-refractivity contribution in [3.8, 4) is 0 Å². The minimum Gasteiger partial charge on any atom is -0.350 e. The lowest BCUT2D eigenvalue weighted by Gasteiger charge is -2.24. The van der Waals surface area contributed by atoms with E-state index < -0.39 is 0 Å². The molecule has 0 aromatic carbocycles. The number of nitrogens with one attached hydrogen (secondary N) is 1. The molecule has 138 valence electrons. The Balaban J connectivity index is 1.91. The van der Waals surface area contributed by atoms with Crippen LogP contribution in [-0.4, -0.2) is 44.8 Å². The van der Waals surface area contributed by atoms with Crippen molar-refractivity contribution in [3.05, 3.63) is 53.9 Å². The number of nitrogens with zero attached hydrogens (tertiary/aromatic N) is 4. The van der Waals surface area contributed by atoms with E-state index in [2.05, 4.69) is 20.3 Å². The van der Waals surface area contributed by atoms with Crippen molar-refractivity contribution >= 4 is 11.8 Å². The Kier molecular flexibility index (Phi) is 7.20. The van der Waals surface area contributed by atoms with Crippen LogP contribution in [0.5, 0.6) is 0 Å². The lowest BCUT2D eigenvalue weighted by atomic mass is 10.2. The predicted octanol–water partition coefficient (Wildman–Crippen LogP) is 1.98. The van der Waals surface area contributed by atoms with Gasteiger partial charge in [0, 0.05) is 31.9 Å². The topological polar surface area (TPSA) is 88.1 Å².